The number of benzene rings is 1. The Morgan fingerprint density at radius 3 is 2.53 bits per heavy atom. The van der Waals surface area contributed by atoms with E-state index in [1.54, 1.807) is 60.6 Å². The number of hydrogen-bond acceptors (Lipinski definition) is 5. The molecule has 2 amide bonds. The molecule has 0 unspecified atom stereocenters. The Bertz CT molecular complexity index is 1370. The number of pyridine rings is 2. The summed E-state index contributed by atoms with van der Waals surface area (Å²) in [6, 6.07) is 14.8. The molecule has 0 radical (unpaired) electrons. The minimum atomic E-state index is -0.371. The predicted octanol–water partition coefficient (Wildman–Crippen LogP) is 3.76. The fourth-order valence-corrected chi connectivity index (χ4v) is 4.03. The zero-order valence-electron chi connectivity index (χ0n) is 18.4. The van der Waals surface area contributed by atoms with Crippen LogP contribution in [0.2, 0.25) is 0 Å². The summed E-state index contributed by atoms with van der Waals surface area (Å²) in [5, 5.41) is 7.58. The molecule has 0 bridgehead atoms. The summed E-state index contributed by atoms with van der Waals surface area (Å²) in [6.07, 6.45) is 3.15. The molecule has 4 aromatic rings. The van der Waals surface area contributed by atoms with Crippen molar-refractivity contribution in [2.75, 3.05) is 11.9 Å². The third-order valence-electron chi connectivity index (χ3n) is 5.73. The van der Waals surface area contributed by atoms with Crippen molar-refractivity contribution in [3.8, 4) is 22.4 Å². The molecule has 0 saturated carbocycles. The van der Waals surface area contributed by atoms with Crippen LogP contribution < -0.4 is 5.32 Å². The molecular formula is C25H21FN6O2. The lowest BCUT2D eigenvalue weighted by molar-refractivity contribution is -0.130. The Balaban J connectivity index is 1.58. The Hall–Kier alpha value is -4.40. The second-order valence-corrected chi connectivity index (χ2v) is 7.94. The average Bonchev–Trinajstić information content (AvgIpc) is 3.24. The Labute approximate surface area is 195 Å². The van der Waals surface area contributed by atoms with Gasteiger partial charge in [0.2, 0.25) is 5.91 Å². The molecule has 3 aromatic heterocycles. The van der Waals surface area contributed by atoms with Gasteiger partial charge in [0.25, 0.3) is 5.91 Å². The average molecular weight is 456 g/mol. The molecule has 0 atom stereocenters. The van der Waals surface area contributed by atoms with Crippen LogP contribution in [-0.4, -0.2) is 43.0 Å². The summed E-state index contributed by atoms with van der Waals surface area (Å²) in [6.45, 7) is 3.06. The molecule has 4 heterocycles. The number of halogens is 1. The molecule has 5 rings (SSSR count). The summed E-state index contributed by atoms with van der Waals surface area (Å²) in [5.41, 5.74) is 4.17. The van der Waals surface area contributed by atoms with Crippen molar-refractivity contribution in [3.63, 3.8) is 0 Å². The van der Waals surface area contributed by atoms with E-state index in [2.05, 4.69) is 15.3 Å². The number of fused-ring (bicyclic) bond motifs is 1. The first-order valence-corrected chi connectivity index (χ1v) is 10.8. The minimum absolute atomic E-state index is 0.0141. The number of hydrogen-bond donors (Lipinski definition) is 1. The SMILES string of the molecule is CC(=O)N1CCn2nc(-c3ccc(F)cc3)c(-c3ccnc(NC(=O)c4ccccn4)c3)c2C1. The monoisotopic (exact) mass is 456 g/mol. The van der Waals surface area contributed by atoms with Crippen LogP contribution in [0.25, 0.3) is 22.4 Å². The van der Waals surface area contributed by atoms with E-state index in [1.165, 1.54) is 12.1 Å². The lowest BCUT2D eigenvalue weighted by Crippen LogP contribution is -2.37. The number of nitrogens with zero attached hydrogens (tertiary/aromatic N) is 5. The van der Waals surface area contributed by atoms with Crippen molar-refractivity contribution in [1.29, 1.82) is 0 Å². The molecule has 1 aliphatic heterocycles. The van der Waals surface area contributed by atoms with Gasteiger partial charge in [0.05, 0.1) is 18.8 Å². The molecular weight excluding hydrogens is 435 g/mol. The predicted molar refractivity (Wildman–Crippen MR) is 124 cm³/mol. The molecule has 34 heavy (non-hydrogen) atoms. The highest BCUT2D eigenvalue weighted by atomic mass is 19.1. The van der Waals surface area contributed by atoms with E-state index < -0.39 is 0 Å². The fourth-order valence-electron chi connectivity index (χ4n) is 4.03. The summed E-state index contributed by atoms with van der Waals surface area (Å²) in [7, 11) is 0. The van der Waals surface area contributed by atoms with Crippen molar-refractivity contribution < 1.29 is 14.0 Å². The summed E-state index contributed by atoms with van der Waals surface area (Å²) in [5.74, 6) is -0.360. The molecule has 1 N–H and O–H groups in total. The summed E-state index contributed by atoms with van der Waals surface area (Å²) in [4.78, 5) is 34.8. The van der Waals surface area contributed by atoms with E-state index in [0.29, 0.717) is 31.1 Å². The molecule has 0 saturated heterocycles. The number of rotatable bonds is 4. The van der Waals surface area contributed by atoms with Gasteiger partial charge in [0.1, 0.15) is 23.0 Å². The normalized spacial score (nSPS) is 12.8. The third-order valence-corrected chi connectivity index (χ3v) is 5.73. The number of carbonyl (C=O) groups is 2. The maximum Gasteiger partial charge on any atom is 0.275 e. The lowest BCUT2D eigenvalue weighted by atomic mass is 9.98. The van der Waals surface area contributed by atoms with Gasteiger partial charge in [-0.25, -0.2) is 9.37 Å². The largest absolute Gasteiger partial charge is 0.335 e. The topological polar surface area (TPSA) is 93.0 Å². The zero-order chi connectivity index (χ0) is 23.7. The van der Waals surface area contributed by atoms with E-state index >= 15 is 0 Å². The fraction of sp³-hybridized carbons (Fsp3) is 0.160. The number of aromatic nitrogens is 4. The first kappa shape index (κ1) is 21.4. The number of nitrogens with one attached hydrogen (secondary N) is 1. The number of anilines is 1. The summed E-state index contributed by atoms with van der Waals surface area (Å²) < 4.78 is 15.5. The van der Waals surface area contributed by atoms with Crippen LogP contribution in [0, 0.1) is 5.82 Å². The zero-order valence-corrected chi connectivity index (χ0v) is 18.4. The van der Waals surface area contributed by atoms with Crippen molar-refractivity contribution in [3.05, 3.63) is 84.2 Å². The number of carbonyl (C=O) groups excluding carboxylic acids is 2. The first-order valence-electron chi connectivity index (χ1n) is 10.8. The molecule has 8 nitrogen and oxygen atoms in total. The van der Waals surface area contributed by atoms with Gasteiger partial charge in [-0.3, -0.25) is 19.3 Å². The second kappa shape index (κ2) is 8.86. The molecule has 0 fully saturated rings. The summed E-state index contributed by atoms with van der Waals surface area (Å²) >= 11 is 0. The molecule has 1 aliphatic rings. The molecule has 1 aromatic carbocycles. The van der Waals surface area contributed by atoms with Gasteiger partial charge in [-0.05, 0) is 54.1 Å². The minimum Gasteiger partial charge on any atom is -0.335 e. The van der Waals surface area contributed by atoms with Gasteiger partial charge in [0.15, 0.2) is 0 Å². The van der Waals surface area contributed by atoms with E-state index in [9.17, 15) is 14.0 Å². The molecule has 9 heteroatoms. The maximum absolute atomic E-state index is 13.6. The van der Waals surface area contributed by atoms with Gasteiger partial charge in [-0.1, -0.05) is 6.07 Å². The Morgan fingerprint density at radius 2 is 1.79 bits per heavy atom. The van der Waals surface area contributed by atoms with Crippen LogP contribution in [-0.2, 0) is 17.9 Å². The van der Waals surface area contributed by atoms with Gasteiger partial charge < -0.3 is 10.2 Å². The highest BCUT2D eigenvalue weighted by Crippen LogP contribution is 2.37. The Morgan fingerprint density at radius 1 is 0.971 bits per heavy atom. The van der Waals surface area contributed by atoms with Crippen molar-refractivity contribution in [2.45, 2.75) is 20.0 Å². The van der Waals surface area contributed by atoms with E-state index in [0.717, 1.165) is 22.4 Å². The Kier molecular flexibility index (Phi) is 5.59. The highest BCUT2D eigenvalue weighted by molar-refractivity contribution is 6.02. The van der Waals surface area contributed by atoms with Crippen molar-refractivity contribution in [1.82, 2.24) is 24.6 Å². The highest BCUT2D eigenvalue weighted by Gasteiger charge is 2.27. The number of amides is 2. The van der Waals surface area contributed by atoms with E-state index in [-0.39, 0.29) is 23.3 Å². The van der Waals surface area contributed by atoms with Gasteiger partial charge >= 0.3 is 0 Å². The van der Waals surface area contributed by atoms with Crippen LogP contribution in [0.1, 0.15) is 23.1 Å². The molecule has 0 spiro atoms. The van der Waals surface area contributed by atoms with E-state index in [1.807, 2.05) is 10.7 Å². The van der Waals surface area contributed by atoms with Crippen LogP contribution in [0.5, 0.6) is 0 Å². The molecule has 170 valence electrons. The lowest BCUT2D eigenvalue weighted by Gasteiger charge is -2.27. The second-order valence-electron chi connectivity index (χ2n) is 7.94. The van der Waals surface area contributed by atoms with E-state index in [4.69, 9.17) is 5.10 Å². The smallest absolute Gasteiger partial charge is 0.275 e. The van der Waals surface area contributed by atoms with Gasteiger partial charge in [-0.2, -0.15) is 5.10 Å². The van der Waals surface area contributed by atoms with Crippen LogP contribution >= 0.6 is 0 Å². The standard InChI is InChI=1S/C25H21FN6O2/c1-16(33)31-12-13-32-21(15-31)23(24(30-32)17-5-7-19(26)8-6-17)18-9-11-28-22(14-18)29-25(34)20-4-2-3-10-27-20/h2-11,14H,12-13,15H2,1H3,(H,28,29,34). The van der Waals surface area contributed by atoms with Crippen molar-refractivity contribution >= 4 is 17.6 Å². The van der Waals surface area contributed by atoms with Gasteiger partial charge in [0, 0.05) is 37.0 Å². The van der Waals surface area contributed by atoms with Crippen LogP contribution in [0.15, 0.2) is 67.0 Å². The van der Waals surface area contributed by atoms with Crippen LogP contribution in [0.3, 0.4) is 0 Å². The molecule has 0 aliphatic carbocycles. The van der Waals surface area contributed by atoms with Crippen molar-refractivity contribution in [2.24, 2.45) is 0 Å². The maximum atomic E-state index is 13.6. The first-order chi connectivity index (χ1) is 16.5. The quantitative estimate of drug-likeness (QED) is 0.505. The van der Waals surface area contributed by atoms with Crippen LogP contribution in [0.4, 0.5) is 10.2 Å². The van der Waals surface area contributed by atoms with Gasteiger partial charge in [-0.15, -0.1) is 0 Å². The third kappa shape index (κ3) is 4.15.